The topological polar surface area (TPSA) is 186 Å². The molecule has 2 heterocycles. The summed E-state index contributed by atoms with van der Waals surface area (Å²) in [5, 5.41) is 39.1. The Bertz CT molecular complexity index is 1410. The van der Waals surface area contributed by atoms with Gasteiger partial charge in [0.05, 0.1) is 50.1 Å². The third kappa shape index (κ3) is 9.84. The number of hydrogen-bond acceptors (Lipinski definition) is 16. The number of hydrogen-bond donors (Lipinski definition) is 6. The maximum absolute atomic E-state index is 13.6. The van der Waals surface area contributed by atoms with Gasteiger partial charge in [0.25, 0.3) is 0 Å². The molecular weight excluding hydrogens is 699 g/mol. The van der Waals surface area contributed by atoms with Gasteiger partial charge in [0, 0.05) is 30.4 Å². The SMILES string of the molecule is CCN[C@H]1CO[C@@H](O[C@H]2[C@H](O[C@H]3C#C/C=C\C#C[C@@]4(O)CC(=O)C(NC(=O)OC)=C3/C4=C\CSSSC)O[C@H](C)[C@@H](NO)[C@@H]2O)C[C@@H]1OC. The van der Waals surface area contributed by atoms with Crippen LogP contribution < -0.4 is 16.1 Å². The molecule has 2 saturated heterocycles. The fourth-order valence-electron chi connectivity index (χ4n) is 5.92. The molecule has 0 aromatic carbocycles. The molecule has 2 aliphatic heterocycles. The van der Waals surface area contributed by atoms with Crippen LogP contribution in [0.3, 0.4) is 0 Å². The van der Waals surface area contributed by atoms with Crippen LogP contribution in [0.4, 0.5) is 4.79 Å². The molecule has 0 aromatic heterocycles. The van der Waals surface area contributed by atoms with Crippen molar-refractivity contribution in [2.24, 2.45) is 0 Å². The number of aliphatic hydroxyl groups is 2. The number of ketones is 1. The molecule has 2 bridgehead atoms. The van der Waals surface area contributed by atoms with Crippen LogP contribution >= 0.6 is 31.4 Å². The number of nitrogens with one attached hydrogen (secondary N) is 3. The number of ether oxygens (including phenoxy) is 6. The van der Waals surface area contributed by atoms with Crippen LogP contribution in [0, 0.1) is 23.7 Å². The van der Waals surface area contributed by atoms with Crippen LogP contribution in [0.5, 0.6) is 0 Å². The number of aliphatic hydroxyl groups excluding tert-OH is 1. The summed E-state index contributed by atoms with van der Waals surface area (Å²) < 4.78 is 35.5. The molecule has 0 unspecified atom stereocenters. The van der Waals surface area contributed by atoms with Gasteiger partial charge in [-0.1, -0.05) is 58.3 Å². The fraction of sp³-hybridized carbons (Fsp3) is 0.625. The van der Waals surface area contributed by atoms with E-state index >= 15 is 0 Å². The Morgan fingerprint density at radius 3 is 2.71 bits per heavy atom. The summed E-state index contributed by atoms with van der Waals surface area (Å²) in [7, 11) is 7.30. The molecular formula is C32H43N3O11S3. The molecule has 0 spiro atoms. The average Bonchev–Trinajstić information content (AvgIpc) is 3.08. The molecule has 270 valence electrons. The van der Waals surface area contributed by atoms with Crippen LogP contribution in [0.25, 0.3) is 0 Å². The highest BCUT2D eigenvalue weighted by Crippen LogP contribution is 2.41. The standard InChI is InChI=1S/C32H43N3O11S3/c1-6-33-20-17-43-24(15-23(20)41-3)46-29-28(37)26(35-40)18(2)44-30(29)45-22-11-9-7-8-10-13-32(39)16-21(36)27(34-31(38)42-4)25(22)19(32)12-14-48-49-47-5/h7-8,12,18,20,22-24,26,28-30,33,35,37,39-40H,6,14-17H2,1-5H3,(H,34,38)/b8-7-,19-12+/t18-,20+,22+,23+,24+,26-,28+,29-,30+,32-/m1/s1. The Kier molecular flexibility index (Phi) is 15.4. The minimum absolute atomic E-state index is 0.0461. The number of rotatable bonds is 13. The lowest BCUT2D eigenvalue weighted by atomic mass is 9.75. The summed E-state index contributed by atoms with van der Waals surface area (Å²) in [5.41, 5.74) is 0.193. The number of hydroxylamine groups is 1. The predicted molar refractivity (Wildman–Crippen MR) is 185 cm³/mol. The van der Waals surface area contributed by atoms with Gasteiger partial charge in [-0.05, 0) is 41.7 Å². The van der Waals surface area contributed by atoms with Crippen molar-refractivity contribution in [1.82, 2.24) is 16.1 Å². The number of methoxy groups -OCH3 is 2. The van der Waals surface area contributed by atoms with Crippen molar-refractivity contribution < 1.29 is 53.4 Å². The number of Topliss-reactive ketones (excluding diaryl/α,β-unsaturated/α-hetero) is 1. The molecule has 2 aliphatic carbocycles. The number of likely N-dealkylation sites (N-methyl/N-ethyl adjacent to an activating group) is 1. The van der Waals surface area contributed by atoms with E-state index in [0.717, 1.165) is 7.11 Å². The largest absolute Gasteiger partial charge is 0.453 e. The predicted octanol–water partition coefficient (Wildman–Crippen LogP) is 1.43. The van der Waals surface area contributed by atoms with E-state index in [1.165, 1.54) is 32.8 Å². The summed E-state index contributed by atoms with van der Waals surface area (Å²) >= 11 is 0. The van der Waals surface area contributed by atoms with Crippen molar-refractivity contribution in [3.05, 3.63) is 35.1 Å². The van der Waals surface area contributed by atoms with Gasteiger partial charge >= 0.3 is 6.09 Å². The van der Waals surface area contributed by atoms with E-state index in [0.29, 0.717) is 18.7 Å². The first-order valence-corrected chi connectivity index (χ1v) is 19.6. The van der Waals surface area contributed by atoms with Crippen LogP contribution in [-0.4, -0.2) is 127 Å². The van der Waals surface area contributed by atoms with E-state index in [-0.39, 0.29) is 35.6 Å². The summed E-state index contributed by atoms with van der Waals surface area (Å²) in [6.07, 6.45) is -1.79. The van der Waals surface area contributed by atoms with Gasteiger partial charge in [0.2, 0.25) is 0 Å². The van der Waals surface area contributed by atoms with E-state index in [4.69, 9.17) is 28.4 Å². The van der Waals surface area contributed by atoms with Gasteiger partial charge < -0.3 is 49.2 Å². The lowest BCUT2D eigenvalue weighted by Crippen LogP contribution is -2.64. The Morgan fingerprint density at radius 1 is 1.24 bits per heavy atom. The highest BCUT2D eigenvalue weighted by Gasteiger charge is 2.50. The molecule has 10 atom stereocenters. The van der Waals surface area contributed by atoms with Crippen molar-refractivity contribution in [3.8, 4) is 23.7 Å². The highest BCUT2D eigenvalue weighted by molar-refractivity contribution is 9.09. The van der Waals surface area contributed by atoms with Crippen LogP contribution in [0.2, 0.25) is 0 Å². The third-order valence-corrected chi connectivity index (χ3v) is 12.0. The second-order valence-electron chi connectivity index (χ2n) is 11.3. The van der Waals surface area contributed by atoms with Gasteiger partial charge in [0.1, 0.15) is 18.3 Å². The normalized spacial score (nSPS) is 35.9. The molecule has 0 radical (unpaired) electrons. The van der Waals surface area contributed by atoms with Crippen molar-refractivity contribution in [1.29, 1.82) is 0 Å². The highest BCUT2D eigenvalue weighted by atomic mass is 33.5. The Morgan fingerprint density at radius 2 is 2.02 bits per heavy atom. The maximum Gasteiger partial charge on any atom is 0.411 e. The van der Waals surface area contributed by atoms with Crippen LogP contribution in [0.15, 0.2) is 35.1 Å². The molecule has 1 amide bonds. The average molecular weight is 742 g/mol. The molecule has 14 nitrogen and oxygen atoms in total. The van der Waals surface area contributed by atoms with Gasteiger partial charge in [-0.25, -0.2) is 4.79 Å². The van der Waals surface area contributed by atoms with Crippen LogP contribution in [0.1, 0.15) is 26.7 Å². The monoisotopic (exact) mass is 741 g/mol. The van der Waals surface area contributed by atoms with Crippen molar-refractivity contribution in [2.75, 3.05) is 39.4 Å². The first-order valence-electron chi connectivity index (χ1n) is 15.6. The number of alkyl carbamates (subject to hydrolysis) is 1. The van der Waals surface area contributed by atoms with E-state index in [2.05, 4.69) is 39.8 Å². The lowest BCUT2D eigenvalue weighted by molar-refractivity contribution is -0.329. The van der Waals surface area contributed by atoms with Gasteiger partial charge in [-0.15, -0.1) is 0 Å². The fourth-order valence-corrected chi connectivity index (χ4v) is 8.33. The smallest absolute Gasteiger partial charge is 0.411 e. The molecule has 4 rings (SSSR count). The molecule has 0 aromatic rings. The summed E-state index contributed by atoms with van der Waals surface area (Å²) in [6.45, 7) is 4.58. The number of amides is 1. The Labute approximate surface area is 297 Å². The molecule has 49 heavy (non-hydrogen) atoms. The van der Waals surface area contributed by atoms with E-state index in [9.17, 15) is 25.0 Å². The van der Waals surface area contributed by atoms with Gasteiger partial charge in [-0.2, -0.15) is 5.48 Å². The number of allylic oxidation sites excluding steroid dienone is 3. The van der Waals surface area contributed by atoms with Gasteiger partial charge in [0.15, 0.2) is 24.0 Å². The quantitative estimate of drug-likeness (QED) is 0.0689. The zero-order chi connectivity index (χ0) is 35.6. The van der Waals surface area contributed by atoms with Crippen molar-refractivity contribution in [3.63, 3.8) is 0 Å². The molecule has 4 aliphatic rings. The van der Waals surface area contributed by atoms with E-state index in [1.54, 1.807) is 30.9 Å². The van der Waals surface area contributed by atoms with Gasteiger partial charge in [-0.3, -0.25) is 10.1 Å². The van der Waals surface area contributed by atoms with E-state index < -0.39 is 66.9 Å². The second-order valence-corrected chi connectivity index (χ2v) is 15.7. The second kappa shape index (κ2) is 19.0. The first-order chi connectivity index (χ1) is 23.6. The van der Waals surface area contributed by atoms with Crippen molar-refractivity contribution in [2.45, 2.75) is 87.5 Å². The minimum atomic E-state index is -1.96. The number of carbonyl (C=O) groups is 2. The summed E-state index contributed by atoms with van der Waals surface area (Å²) in [6, 6.07) is -1.06. The van der Waals surface area contributed by atoms with Crippen LogP contribution in [-0.2, 0) is 33.2 Å². The summed E-state index contributed by atoms with van der Waals surface area (Å²) in [4.78, 5) is 26.2. The summed E-state index contributed by atoms with van der Waals surface area (Å²) in [5.74, 6) is 11.1. The molecule has 17 heteroatoms. The molecule has 2 fully saturated rings. The van der Waals surface area contributed by atoms with Crippen molar-refractivity contribution >= 4 is 43.3 Å². The first kappa shape index (κ1) is 39.7. The number of carbonyl (C=O) groups excluding carboxylic acids is 2. The maximum atomic E-state index is 13.6. The van der Waals surface area contributed by atoms with E-state index in [1.807, 2.05) is 13.2 Å². The zero-order valence-corrected chi connectivity index (χ0v) is 30.2. The molecule has 6 N–H and O–H groups in total. The Balaban J connectivity index is 1.78. The number of fused-ring (bicyclic) bond motifs is 2. The lowest BCUT2D eigenvalue weighted by Gasteiger charge is -2.46. The minimum Gasteiger partial charge on any atom is -0.453 e. The Hall–Kier alpha value is -2.07. The molecule has 0 saturated carbocycles. The third-order valence-electron chi connectivity index (χ3n) is 8.25. The zero-order valence-electron chi connectivity index (χ0n) is 27.8.